The van der Waals surface area contributed by atoms with Crippen molar-refractivity contribution in [1.29, 1.82) is 0 Å². The number of hydrogen-bond donors (Lipinski definition) is 2. The normalized spacial score (nSPS) is 24.5. The Morgan fingerprint density at radius 3 is 3.13 bits per heavy atom. The molecule has 0 spiro atoms. The first-order valence-corrected chi connectivity index (χ1v) is 6.40. The van der Waals surface area contributed by atoms with Gasteiger partial charge in [0.2, 0.25) is 0 Å². The molecule has 1 saturated heterocycles. The molecule has 1 heterocycles. The second-order valence-electron chi connectivity index (χ2n) is 4.67. The van der Waals surface area contributed by atoms with Crippen molar-refractivity contribution in [1.82, 2.24) is 10.6 Å². The van der Waals surface area contributed by atoms with E-state index in [2.05, 4.69) is 24.1 Å². The van der Waals surface area contributed by atoms with Gasteiger partial charge in [-0.05, 0) is 45.7 Å². The van der Waals surface area contributed by atoms with Gasteiger partial charge in [-0.2, -0.15) is 0 Å². The Balaban J connectivity index is 2.11. The van der Waals surface area contributed by atoms with E-state index in [9.17, 15) is 0 Å². The molecular weight excluding hydrogens is 184 g/mol. The Morgan fingerprint density at radius 1 is 1.47 bits per heavy atom. The molecule has 15 heavy (non-hydrogen) atoms. The van der Waals surface area contributed by atoms with Gasteiger partial charge < -0.3 is 10.6 Å². The molecule has 0 saturated carbocycles. The summed E-state index contributed by atoms with van der Waals surface area (Å²) in [5.74, 6) is 0. The largest absolute Gasteiger partial charge is 0.314 e. The van der Waals surface area contributed by atoms with Gasteiger partial charge >= 0.3 is 0 Å². The third-order valence-electron chi connectivity index (χ3n) is 3.14. The molecule has 0 aromatic heterocycles. The summed E-state index contributed by atoms with van der Waals surface area (Å²) in [5, 5.41) is 7.18. The molecule has 1 rings (SSSR count). The average molecular weight is 210 g/mol. The summed E-state index contributed by atoms with van der Waals surface area (Å²) >= 11 is 0. The molecule has 1 aliphatic heterocycles. The van der Waals surface area contributed by atoms with Crippen LogP contribution in [0.3, 0.4) is 0 Å². The van der Waals surface area contributed by atoms with Crippen LogP contribution >= 0.6 is 0 Å². The van der Waals surface area contributed by atoms with Crippen molar-refractivity contribution in [2.45, 2.75) is 57.5 Å². The highest BCUT2D eigenvalue weighted by Gasteiger charge is 2.13. The second-order valence-corrected chi connectivity index (χ2v) is 4.67. The molecule has 0 radical (unpaired) electrons. The van der Waals surface area contributed by atoms with Crippen LogP contribution < -0.4 is 10.6 Å². The van der Waals surface area contributed by atoms with E-state index in [1.54, 1.807) is 0 Å². The maximum absolute atomic E-state index is 3.73. The van der Waals surface area contributed by atoms with Gasteiger partial charge in [-0.15, -0.1) is 6.58 Å². The minimum Gasteiger partial charge on any atom is -0.314 e. The summed E-state index contributed by atoms with van der Waals surface area (Å²) < 4.78 is 0. The first-order chi connectivity index (χ1) is 7.33. The van der Waals surface area contributed by atoms with Crippen LogP contribution in [0.4, 0.5) is 0 Å². The summed E-state index contributed by atoms with van der Waals surface area (Å²) in [4.78, 5) is 0. The summed E-state index contributed by atoms with van der Waals surface area (Å²) in [6.07, 6.45) is 9.82. The molecule has 2 unspecified atom stereocenters. The average Bonchev–Trinajstić information content (AvgIpc) is 2.47. The number of hydrogen-bond acceptors (Lipinski definition) is 2. The zero-order valence-electron chi connectivity index (χ0n) is 10.1. The van der Waals surface area contributed by atoms with Gasteiger partial charge in [0, 0.05) is 12.1 Å². The van der Waals surface area contributed by atoms with Gasteiger partial charge in [-0.1, -0.05) is 18.9 Å². The summed E-state index contributed by atoms with van der Waals surface area (Å²) in [6.45, 7) is 8.30. The molecule has 0 bridgehead atoms. The van der Waals surface area contributed by atoms with E-state index in [1.165, 1.54) is 38.6 Å². The van der Waals surface area contributed by atoms with Crippen molar-refractivity contribution < 1.29 is 0 Å². The predicted molar refractivity (Wildman–Crippen MR) is 67.2 cm³/mol. The summed E-state index contributed by atoms with van der Waals surface area (Å²) in [6, 6.07) is 1.36. The van der Waals surface area contributed by atoms with E-state index in [4.69, 9.17) is 0 Å². The zero-order valence-corrected chi connectivity index (χ0v) is 10.1. The van der Waals surface area contributed by atoms with E-state index >= 15 is 0 Å². The highest BCUT2D eigenvalue weighted by Crippen LogP contribution is 2.12. The lowest BCUT2D eigenvalue weighted by Gasteiger charge is -2.21. The molecule has 1 aliphatic rings. The lowest BCUT2D eigenvalue weighted by Crippen LogP contribution is -2.37. The van der Waals surface area contributed by atoms with Gasteiger partial charge in [0.1, 0.15) is 0 Å². The lowest BCUT2D eigenvalue weighted by molar-refractivity contribution is 0.405. The standard InChI is InChI=1S/C13H26N2/c1-3-4-9-14-12(2)11-13-8-6-5-7-10-15-13/h3,12-15H,1,4-11H2,2H3. The van der Waals surface area contributed by atoms with E-state index in [1.807, 2.05) is 6.08 Å². The Kier molecular flexibility index (Phi) is 6.69. The third-order valence-corrected chi connectivity index (χ3v) is 3.14. The molecule has 2 N–H and O–H groups in total. The highest BCUT2D eigenvalue weighted by atomic mass is 14.9. The van der Waals surface area contributed by atoms with Crippen LogP contribution in [-0.4, -0.2) is 25.2 Å². The summed E-state index contributed by atoms with van der Waals surface area (Å²) in [5.41, 5.74) is 0. The fourth-order valence-corrected chi connectivity index (χ4v) is 2.24. The van der Waals surface area contributed by atoms with Crippen molar-refractivity contribution in [3.05, 3.63) is 12.7 Å². The van der Waals surface area contributed by atoms with Crippen LogP contribution in [-0.2, 0) is 0 Å². The van der Waals surface area contributed by atoms with Gasteiger partial charge in [-0.25, -0.2) is 0 Å². The molecule has 2 atom stereocenters. The van der Waals surface area contributed by atoms with Crippen molar-refractivity contribution in [3.8, 4) is 0 Å². The quantitative estimate of drug-likeness (QED) is 0.520. The monoisotopic (exact) mass is 210 g/mol. The van der Waals surface area contributed by atoms with Crippen molar-refractivity contribution in [2.24, 2.45) is 0 Å². The van der Waals surface area contributed by atoms with Crippen LogP contribution in [0.1, 0.15) is 45.4 Å². The highest BCUT2D eigenvalue weighted by molar-refractivity contribution is 4.77. The van der Waals surface area contributed by atoms with Crippen LogP contribution in [0, 0.1) is 0 Å². The van der Waals surface area contributed by atoms with Crippen LogP contribution in [0.25, 0.3) is 0 Å². The topological polar surface area (TPSA) is 24.1 Å². The molecule has 0 aromatic carbocycles. The van der Waals surface area contributed by atoms with Gasteiger partial charge in [0.05, 0.1) is 0 Å². The Morgan fingerprint density at radius 2 is 2.33 bits per heavy atom. The lowest BCUT2D eigenvalue weighted by atomic mass is 10.0. The second kappa shape index (κ2) is 7.89. The molecular formula is C13H26N2. The smallest absolute Gasteiger partial charge is 0.00817 e. The fourth-order valence-electron chi connectivity index (χ4n) is 2.24. The van der Waals surface area contributed by atoms with Crippen molar-refractivity contribution in [3.63, 3.8) is 0 Å². The van der Waals surface area contributed by atoms with Gasteiger partial charge in [0.15, 0.2) is 0 Å². The maximum Gasteiger partial charge on any atom is 0.00817 e. The summed E-state index contributed by atoms with van der Waals surface area (Å²) in [7, 11) is 0. The van der Waals surface area contributed by atoms with Gasteiger partial charge in [0.25, 0.3) is 0 Å². The van der Waals surface area contributed by atoms with Crippen LogP contribution in [0.2, 0.25) is 0 Å². The molecule has 0 amide bonds. The van der Waals surface area contributed by atoms with Crippen LogP contribution in [0.15, 0.2) is 12.7 Å². The Bertz CT molecular complexity index is 160. The van der Waals surface area contributed by atoms with E-state index in [0.717, 1.165) is 19.0 Å². The minimum absolute atomic E-state index is 0.626. The first kappa shape index (κ1) is 12.7. The fraction of sp³-hybridized carbons (Fsp3) is 0.846. The Labute approximate surface area is 94.5 Å². The van der Waals surface area contributed by atoms with E-state index in [-0.39, 0.29) is 0 Å². The third kappa shape index (κ3) is 5.95. The van der Waals surface area contributed by atoms with Crippen molar-refractivity contribution in [2.75, 3.05) is 13.1 Å². The molecule has 0 aliphatic carbocycles. The SMILES string of the molecule is C=CCCNC(C)CC1CCCCCN1. The maximum atomic E-state index is 3.73. The molecule has 0 aromatic rings. The van der Waals surface area contributed by atoms with Gasteiger partial charge in [-0.3, -0.25) is 0 Å². The van der Waals surface area contributed by atoms with E-state index < -0.39 is 0 Å². The number of rotatable bonds is 6. The minimum atomic E-state index is 0.626. The first-order valence-electron chi connectivity index (χ1n) is 6.40. The molecule has 2 heteroatoms. The van der Waals surface area contributed by atoms with Crippen molar-refractivity contribution >= 4 is 0 Å². The van der Waals surface area contributed by atoms with Crippen LogP contribution in [0.5, 0.6) is 0 Å². The zero-order chi connectivity index (χ0) is 10.9. The number of nitrogens with one attached hydrogen (secondary N) is 2. The molecule has 1 fully saturated rings. The molecule has 2 nitrogen and oxygen atoms in total. The molecule has 88 valence electrons. The predicted octanol–water partition coefficient (Wildman–Crippen LogP) is 2.46. The Hall–Kier alpha value is -0.340. The van der Waals surface area contributed by atoms with E-state index in [0.29, 0.717) is 6.04 Å².